The molecule has 2 heteroatoms. The smallest absolute Gasteiger partial charge is 0.0885 e. The van der Waals surface area contributed by atoms with Gasteiger partial charge in [0.25, 0.3) is 0 Å². The van der Waals surface area contributed by atoms with Gasteiger partial charge >= 0.3 is 0 Å². The largest absolute Gasteiger partial charge is 0.502 e. The van der Waals surface area contributed by atoms with Crippen LogP contribution >= 0.6 is 0 Å². The molecule has 0 aliphatic heterocycles. The predicted octanol–water partition coefficient (Wildman–Crippen LogP) is 2.95. The van der Waals surface area contributed by atoms with Crippen molar-refractivity contribution in [2.24, 2.45) is 5.92 Å². The van der Waals surface area contributed by atoms with Gasteiger partial charge in [-0.05, 0) is 38.6 Å². The molecule has 0 rings (SSSR count). The van der Waals surface area contributed by atoms with Gasteiger partial charge in [0, 0.05) is 6.04 Å². The number of hydrogen-bond acceptors (Lipinski definition) is 2. The maximum Gasteiger partial charge on any atom is 0.0885 e. The van der Waals surface area contributed by atoms with Gasteiger partial charge < -0.3 is 10.1 Å². The van der Waals surface area contributed by atoms with Crippen molar-refractivity contribution in [2.75, 3.05) is 13.2 Å². The second kappa shape index (κ2) is 9.07. The first kappa shape index (κ1) is 13.5. The third-order valence-corrected chi connectivity index (χ3v) is 2.23. The summed E-state index contributed by atoms with van der Waals surface area (Å²) in [6.45, 7) is 12.1. The number of ether oxygens (including phenoxy) is 1. The van der Waals surface area contributed by atoms with E-state index >= 15 is 0 Å². The highest BCUT2D eigenvalue weighted by Gasteiger charge is 2.01. The minimum Gasteiger partial charge on any atom is -0.502 e. The van der Waals surface area contributed by atoms with Crippen LogP contribution in [-0.2, 0) is 4.74 Å². The molecule has 0 saturated heterocycles. The van der Waals surface area contributed by atoms with E-state index in [1.165, 1.54) is 19.1 Å². The van der Waals surface area contributed by atoms with E-state index < -0.39 is 0 Å². The Kier molecular flexibility index (Phi) is 8.75. The van der Waals surface area contributed by atoms with Crippen LogP contribution in [0.5, 0.6) is 0 Å². The van der Waals surface area contributed by atoms with E-state index in [1.807, 2.05) is 0 Å². The quantitative estimate of drug-likeness (QED) is 0.455. The molecule has 0 heterocycles. The molecule has 0 bridgehead atoms. The monoisotopic (exact) mass is 199 g/mol. The minimum absolute atomic E-state index is 0.626. The van der Waals surface area contributed by atoms with Crippen LogP contribution in [0.4, 0.5) is 0 Å². The summed E-state index contributed by atoms with van der Waals surface area (Å²) in [5.41, 5.74) is 0. The van der Waals surface area contributed by atoms with Crippen LogP contribution in [0.2, 0.25) is 0 Å². The van der Waals surface area contributed by atoms with Crippen LogP contribution in [0, 0.1) is 5.92 Å². The molecule has 1 atom stereocenters. The Labute approximate surface area is 88.7 Å². The SMILES string of the molecule is C=COCCCNC(C)CCC(C)C. The molecule has 0 spiro atoms. The summed E-state index contributed by atoms with van der Waals surface area (Å²) < 4.78 is 5.04. The first-order valence-electron chi connectivity index (χ1n) is 5.62. The molecule has 0 saturated carbocycles. The van der Waals surface area contributed by atoms with E-state index in [-0.39, 0.29) is 0 Å². The van der Waals surface area contributed by atoms with E-state index in [4.69, 9.17) is 4.74 Å². The van der Waals surface area contributed by atoms with Crippen molar-refractivity contribution < 1.29 is 4.74 Å². The summed E-state index contributed by atoms with van der Waals surface area (Å²) in [5.74, 6) is 0.809. The van der Waals surface area contributed by atoms with Crippen molar-refractivity contribution in [2.45, 2.75) is 46.1 Å². The van der Waals surface area contributed by atoms with E-state index in [2.05, 4.69) is 32.7 Å². The Balaban J connectivity index is 3.17. The van der Waals surface area contributed by atoms with Crippen molar-refractivity contribution in [3.8, 4) is 0 Å². The van der Waals surface area contributed by atoms with Gasteiger partial charge in [0.2, 0.25) is 0 Å². The van der Waals surface area contributed by atoms with E-state index in [1.54, 1.807) is 0 Å². The van der Waals surface area contributed by atoms with Gasteiger partial charge in [-0.2, -0.15) is 0 Å². The second-order valence-electron chi connectivity index (χ2n) is 4.22. The molecule has 0 aliphatic carbocycles. The lowest BCUT2D eigenvalue weighted by molar-refractivity contribution is 0.242. The van der Waals surface area contributed by atoms with Crippen molar-refractivity contribution >= 4 is 0 Å². The zero-order valence-electron chi connectivity index (χ0n) is 9.88. The highest BCUT2D eigenvalue weighted by molar-refractivity contribution is 4.62. The average molecular weight is 199 g/mol. The Morgan fingerprint density at radius 2 is 2.00 bits per heavy atom. The molecule has 14 heavy (non-hydrogen) atoms. The summed E-state index contributed by atoms with van der Waals surface area (Å²) in [5, 5.41) is 3.48. The topological polar surface area (TPSA) is 21.3 Å². The first-order chi connectivity index (χ1) is 6.66. The molecule has 0 amide bonds. The lowest BCUT2D eigenvalue weighted by Crippen LogP contribution is -2.27. The molecule has 0 fully saturated rings. The van der Waals surface area contributed by atoms with Gasteiger partial charge in [-0.15, -0.1) is 0 Å². The van der Waals surface area contributed by atoms with Crippen LogP contribution < -0.4 is 5.32 Å². The highest BCUT2D eigenvalue weighted by atomic mass is 16.5. The summed E-state index contributed by atoms with van der Waals surface area (Å²) in [6.07, 6.45) is 5.12. The summed E-state index contributed by atoms with van der Waals surface area (Å²) in [4.78, 5) is 0. The molecular formula is C12H25NO. The maximum atomic E-state index is 5.04. The van der Waals surface area contributed by atoms with Gasteiger partial charge in [0.05, 0.1) is 12.9 Å². The lowest BCUT2D eigenvalue weighted by atomic mass is 10.0. The molecule has 84 valence electrons. The molecule has 0 aromatic rings. The number of nitrogens with one attached hydrogen (secondary N) is 1. The Morgan fingerprint density at radius 3 is 2.57 bits per heavy atom. The van der Waals surface area contributed by atoms with E-state index in [0.29, 0.717) is 6.04 Å². The maximum absolute atomic E-state index is 5.04. The molecule has 0 aromatic carbocycles. The molecule has 1 unspecified atom stereocenters. The van der Waals surface area contributed by atoms with Crippen molar-refractivity contribution in [3.05, 3.63) is 12.8 Å². The van der Waals surface area contributed by atoms with Crippen LogP contribution in [0.25, 0.3) is 0 Å². The third kappa shape index (κ3) is 9.59. The van der Waals surface area contributed by atoms with Gasteiger partial charge in [0.1, 0.15) is 0 Å². The molecule has 2 nitrogen and oxygen atoms in total. The van der Waals surface area contributed by atoms with Gasteiger partial charge in [-0.25, -0.2) is 0 Å². The summed E-state index contributed by atoms with van der Waals surface area (Å²) >= 11 is 0. The van der Waals surface area contributed by atoms with Crippen LogP contribution in [0.15, 0.2) is 12.8 Å². The molecule has 0 aliphatic rings. The molecular weight excluding hydrogens is 174 g/mol. The Bertz CT molecular complexity index is 134. The minimum atomic E-state index is 0.626. The standard InChI is InChI=1S/C12H25NO/c1-5-14-10-6-9-13-12(4)8-7-11(2)3/h5,11-13H,1,6-10H2,2-4H3. The fourth-order valence-electron chi connectivity index (χ4n) is 1.27. The first-order valence-corrected chi connectivity index (χ1v) is 5.62. The molecule has 0 radical (unpaired) electrons. The van der Waals surface area contributed by atoms with Gasteiger partial charge in [-0.3, -0.25) is 0 Å². The second-order valence-corrected chi connectivity index (χ2v) is 4.22. The lowest BCUT2D eigenvalue weighted by Gasteiger charge is -2.14. The third-order valence-electron chi connectivity index (χ3n) is 2.23. The van der Waals surface area contributed by atoms with Gasteiger partial charge in [-0.1, -0.05) is 20.4 Å². The number of hydrogen-bond donors (Lipinski definition) is 1. The Morgan fingerprint density at radius 1 is 1.29 bits per heavy atom. The fourth-order valence-corrected chi connectivity index (χ4v) is 1.27. The van der Waals surface area contributed by atoms with Crippen molar-refractivity contribution in [1.82, 2.24) is 5.32 Å². The fraction of sp³-hybridized carbons (Fsp3) is 0.833. The highest BCUT2D eigenvalue weighted by Crippen LogP contribution is 2.06. The van der Waals surface area contributed by atoms with Gasteiger partial charge in [0.15, 0.2) is 0 Å². The summed E-state index contributed by atoms with van der Waals surface area (Å²) in [7, 11) is 0. The number of rotatable bonds is 9. The van der Waals surface area contributed by atoms with E-state index in [9.17, 15) is 0 Å². The molecule has 1 N–H and O–H groups in total. The van der Waals surface area contributed by atoms with Crippen molar-refractivity contribution in [1.29, 1.82) is 0 Å². The van der Waals surface area contributed by atoms with E-state index in [0.717, 1.165) is 25.5 Å². The normalized spacial score (nSPS) is 12.9. The summed E-state index contributed by atoms with van der Waals surface area (Å²) in [6, 6.07) is 0.626. The van der Waals surface area contributed by atoms with Crippen molar-refractivity contribution in [3.63, 3.8) is 0 Å². The van der Waals surface area contributed by atoms with Crippen LogP contribution in [0.1, 0.15) is 40.0 Å². The average Bonchev–Trinajstić information content (AvgIpc) is 2.14. The zero-order valence-corrected chi connectivity index (χ0v) is 9.88. The van der Waals surface area contributed by atoms with Crippen LogP contribution in [0.3, 0.4) is 0 Å². The zero-order chi connectivity index (χ0) is 10.8. The predicted molar refractivity (Wildman–Crippen MR) is 62.3 cm³/mol. The molecule has 0 aromatic heterocycles. The van der Waals surface area contributed by atoms with Crippen LogP contribution in [-0.4, -0.2) is 19.2 Å². The Hall–Kier alpha value is -0.500.